The van der Waals surface area contributed by atoms with E-state index in [1.54, 1.807) is 43.8 Å². The Hall–Kier alpha value is -3.35. The van der Waals surface area contributed by atoms with Crippen LogP contribution in [0.3, 0.4) is 0 Å². The molecule has 7 heteroatoms. The third-order valence-corrected chi connectivity index (χ3v) is 4.99. The predicted octanol–water partition coefficient (Wildman–Crippen LogP) is 2.88. The van der Waals surface area contributed by atoms with Crippen molar-refractivity contribution in [3.8, 4) is 17.0 Å². The molecule has 0 radical (unpaired) electrons. The van der Waals surface area contributed by atoms with Gasteiger partial charge in [0.05, 0.1) is 12.8 Å². The van der Waals surface area contributed by atoms with E-state index in [0.717, 1.165) is 48.8 Å². The van der Waals surface area contributed by atoms with Gasteiger partial charge in [-0.2, -0.15) is 5.10 Å². The maximum Gasteiger partial charge on any atom is 0.251 e. The monoisotopic (exact) mass is 377 g/mol. The highest BCUT2D eigenvalue weighted by Crippen LogP contribution is 2.24. The summed E-state index contributed by atoms with van der Waals surface area (Å²) >= 11 is 0. The van der Waals surface area contributed by atoms with Crippen LogP contribution in [0.25, 0.3) is 11.3 Å². The molecule has 1 fully saturated rings. The van der Waals surface area contributed by atoms with E-state index in [1.807, 2.05) is 18.2 Å². The van der Waals surface area contributed by atoms with Gasteiger partial charge in [-0.05, 0) is 49.2 Å². The van der Waals surface area contributed by atoms with Crippen LogP contribution in [0, 0.1) is 0 Å². The molecule has 28 heavy (non-hydrogen) atoms. The molecule has 2 aromatic heterocycles. The number of aromatic amines is 1. The Morgan fingerprint density at radius 3 is 2.75 bits per heavy atom. The Morgan fingerprint density at radius 1 is 1.21 bits per heavy atom. The van der Waals surface area contributed by atoms with Gasteiger partial charge in [-0.25, -0.2) is 0 Å². The highest BCUT2D eigenvalue weighted by atomic mass is 16.5. The van der Waals surface area contributed by atoms with Crippen molar-refractivity contribution >= 4 is 11.7 Å². The van der Waals surface area contributed by atoms with Gasteiger partial charge in [0.15, 0.2) is 5.82 Å². The van der Waals surface area contributed by atoms with E-state index in [9.17, 15) is 4.79 Å². The van der Waals surface area contributed by atoms with Gasteiger partial charge in [-0.1, -0.05) is 0 Å². The largest absolute Gasteiger partial charge is 0.497 e. The number of benzene rings is 1. The lowest BCUT2D eigenvalue weighted by atomic mass is 10.0. The summed E-state index contributed by atoms with van der Waals surface area (Å²) in [6.45, 7) is 1.66. The van der Waals surface area contributed by atoms with Crippen molar-refractivity contribution in [3.05, 3.63) is 60.4 Å². The minimum absolute atomic E-state index is 0.0611. The van der Waals surface area contributed by atoms with Gasteiger partial charge in [-0.15, -0.1) is 0 Å². The van der Waals surface area contributed by atoms with E-state index in [2.05, 4.69) is 25.4 Å². The quantitative estimate of drug-likeness (QED) is 0.714. The van der Waals surface area contributed by atoms with Crippen LogP contribution in [0.1, 0.15) is 23.2 Å². The number of pyridine rings is 1. The number of carbonyl (C=O) groups is 1. The summed E-state index contributed by atoms with van der Waals surface area (Å²) in [7, 11) is 1.61. The van der Waals surface area contributed by atoms with E-state index in [0.29, 0.717) is 5.56 Å². The molecule has 7 nitrogen and oxygen atoms in total. The van der Waals surface area contributed by atoms with Gasteiger partial charge in [0.1, 0.15) is 5.75 Å². The molecule has 0 spiro atoms. The number of rotatable bonds is 5. The molecular formula is C21H23N5O2. The van der Waals surface area contributed by atoms with Gasteiger partial charge < -0.3 is 15.0 Å². The fourth-order valence-corrected chi connectivity index (χ4v) is 3.47. The Morgan fingerprint density at radius 2 is 2.00 bits per heavy atom. The molecule has 1 aromatic carbocycles. The average Bonchev–Trinajstić information content (AvgIpc) is 3.25. The topological polar surface area (TPSA) is 83.1 Å². The second-order valence-electron chi connectivity index (χ2n) is 6.86. The number of carbonyl (C=O) groups excluding carboxylic acids is 1. The molecule has 144 valence electrons. The van der Waals surface area contributed by atoms with E-state index >= 15 is 0 Å². The van der Waals surface area contributed by atoms with Gasteiger partial charge >= 0.3 is 0 Å². The Labute approximate surface area is 163 Å². The number of nitrogens with one attached hydrogen (secondary N) is 2. The predicted molar refractivity (Wildman–Crippen MR) is 108 cm³/mol. The summed E-state index contributed by atoms with van der Waals surface area (Å²) < 4.78 is 5.14. The van der Waals surface area contributed by atoms with Gasteiger partial charge in [0, 0.05) is 48.7 Å². The molecular weight excluding hydrogens is 354 g/mol. The van der Waals surface area contributed by atoms with E-state index in [1.165, 1.54) is 0 Å². The third-order valence-electron chi connectivity index (χ3n) is 4.99. The van der Waals surface area contributed by atoms with E-state index in [4.69, 9.17) is 4.74 Å². The zero-order chi connectivity index (χ0) is 19.3. The molecule has 1 saturated heterocycles. The number of amides is 1. The lowest BCUT2D eigenvalue weighted by molar-refractivity contribution is 0.0933. The first-order valence-corrected chi connectivity index (χ1v) is 9.38. The fourth-order valence-electron chi connectivity index (χ4n) is 3.47. The smallest absolute Gasteiger partial charge is 0.251 e. The molecule has 4 rings (SSSR count). The van der Waals surface area contributed by atoms with Gasteiger partial charge in [0.25, 0.3) is 5.91 Å². The molecule has 1 aliphatic rings. The number of nitrogens with zero attached hydrogens (tertiary/aromatic N) is 3. The fraction of sp³-hybridized carbons (Fsp3) is 0.286. The number of ether oxygens (including phenoxy) is 1. The first kappa shape index (κ1) is 18.0. The maximum atomic E-state index is 12.5. The standard InChI is InChI=1S/C21H23N5O2/c1-28-18-6-4-16(5-7-18)21(27)23-17-3-2-12-26(14-17)20-13-19(24-25-20)15-8-10-22-11-9-15/h4-11,13,17H,2-3,12,14H2,1H3,(H,23,27)(H,24,25)/t17-/m0/s1. The van der Waals surface area contributed by atoms with Crippen molar-refractivity contribution in [2.45, 2.75) is 18.9 Å². The third kappa shape index (κ3) is 3.98. The number of hydrogen-bond acceptors (Lipinski definition) is 5. The molecule has 3 aromatic rings. The van der Waals surface area contributed by atoms with Crippen LogP contribution in [-0.4, -0.2) is 47.3 Å². The van der Waals surface area contributed by atoms with Crippen molar-refractivity contribution in [2.24, 2.45) is 0 Å². The van der Waals surface area contributed by atoms with Crippen molar-refractivity contribution in [2.75, 3.05) is 25.1 Å². The summed E-state index contributed by atoms with van der Waals surface area (Å²) in [5.41, 5.74) is 2.65. The molecule has 0 unspecified atom stereocenters. The van der Waals surface area contributed by atoms with Crippen LogP contribution in [-0.2, 0) is 0 Å². The summed E-state index contributed by atoms with van der Waals surface area (Å²) in [4.78, 5) is 18.8. The van der Waals surface area contributed by atoms with Crippen molar-refractivity contribution < 1.29 is 9.53 Å². The van der Waals surface area contributed by atoms with Crippen LogP contribution < -0.4 is 15.0 Å². The highest BCUT2D eigenvalue weighted by molar-refractivity contribution is 5.94. The summed E-state index contributed by atoms with van der Waals surface area (Å²) in [5, 5.41) is 10.7. The van der Waals surface area contributed by atoms with Crippen LogP contribution >= 0.6 is 0 Å². The Bertz CT molecular complexity index is 923. The first-order chi connectivity index (χ1) is 13.7. The van der Waals surface area contributed by atoms with Crippen molar-refractivity contribution in [1.29, 1.82) is 0 Å². The molecule has 1 aliphatic heterocycles. The molecule has 2 N–H and O–H groups in total. The highest BCUT2D eigenvalue weighted by Gasteiger charge is 2.23. The zero-order valence-corrected chi connectivity index (χ0v) is 15.8. The van der Waals surface area contributed by atoms with Crippen molar-refractivity contribution in [3.63, 3.8) is 0 Å². The van der Waals surface area contributed by atoms with E-state index < -0.39 is 0 Å². The summed E-state index contributed by atoms with van der Waals surface area (Å²) in [6.07, 6.45) is 5.49. The SMILES string of the molecule is COc1ccc(C(=O)N[C@H]2CCCN(c3cc(-c4ccncc4)[nH]n3)C2)cc1. The molecule has 3 heterocycles. The van der Waals surface area contributed by atoms with Crippen LogP contribution in [0.2, 0.25) is 0 Å². The zero-order valence-electron chi connectivity index (χ0n) is 15.8. The molecule has 0 saturated carbocycles. The minimum Gasteiger partial charge on any atom is -0.497 e. The number of piperidine rings is 1. The second kappa shape index (κ2) is 8.12. The molecule has 0 bridgehead atoms. The van der Waals surface area contributed by atoms with E-state index in [-0.39, 0.29) is 11.9 Å². The number of H-pyrrole nitrogens is 1. The second-order valence-corrected chi connectivity index (χ2v) is 6.86. The van der Waals surface area contributed by atoms with Crippen LogP contribution in [0.5, 0.6) is 5.75 Å². The normalized spacial score (nSPS) is 16.6. The molecule has 1 atom stereocenters. The first-order valence-electron chi connectivity index (χ1n) is 9.38. The summed E-state index contributed by atoms with van der Waals surface area (Å²) in [6, 6.07) is 13.2. The average molecular weight is 377 g/mol. The minimum atomic E-state index is -0.0611. The molecule has 0 aliphatic carbocycles. The lowest BCUT2D eigenvalue weighted by Gasteiger charge is -2.33. The lowest BCUT2D eigenvalue weighted by Crippen LogP contribution is -2.48. The Kier molecular flexibility index (Phi) is 5.23. The summed E-state index contributed by atoms with van der Waals surface area (Å²) in [5.74, 6) is 1.58. The molecule has 1 amide bonds. The van der Waals surface area contributed by atoms with Crippen molar-refractivity contribution in [1.82, 2.24) is 20.5 Å². The van der Waals surface area contributed by atoms with Crippen LogP contribution in [0.4, 0.5) is 5.82 Å². The number of methoxy groups -OCH3 is 1. The Balaban J connectivity index is 1.40. The van der Waals surface area contributed by atoms with Gasteiger partial charge in [0.2, 0.25) is 0 Å². The number of aromatic nitrogens is 3. The maximum absolute atomic E-state index is 12.5. The van der Waals surface area contributed by atoms with Gasteiger partial charge in [-0.3, -0.25) is 14.9 Å². The number of anilines is 1. The number of hydrogen-bond donors (Lipinski definition) is 2. The van der Waals surface area contributed by atoms with Crippen LogP contribution in [0.15, 0.2) is 54.9 Å².